The van der Waals surface area contributed by atoms with Crippen molar-refractivity contribution in [2.45, 2.75) is 18.9 Å². The topological polar surface area (TPSA) is 155 Å². The Hall–Kier alpha value is -1.61. The fourth-order valence-corrected chi connectivity index (χ4v) is 0.562. The third-order valence-electron chi connectivity index (χ3n) is 1.32. The van der Waals surface area contributed by atoms with E-state index in [1.54, 1.807) is 0 Å². The van der Waals surface area contributed by atoms with Gasteiger partial charge in [0.2, 0.25) is 5.78 Å². The first-order chi connectivity index (χ1) is 7.72. The number of hydrogen-bond donors (Lipinski definition) is 5. The summed E-state index contributed by atoms with van der Waals surface area (Å²) in [4.78, 5) is 39.5. The molecule has 0 aliphatic carbocycles. The lowest BCUT2D eigenvalue weighted by Gasteiger charge is -1.96. The van der Waals surface area contributed by atoms with Crippen LogP contribution in [0, 0.1) is 0 Å². The van der Waals surface area contributed by atoms with Crippen molar-refractivity contribution in [3.8, 4) is 0 Å². The molecule has 5 N–H and O–H groups in total. The number of carboxylic acid groups (broad SMARTS) is 3. The van der Waals surface area contributed by atoms with Crippen molar-refractivity contribution in [1.29, 1.82) is 0 Å². The maximum Gasteiger partial charge on any atom is 0.372 e. The Morgan fingerprint density at radius 2 is 1.53 bits per heavy atom. The molecule has 0 fully saturated rings. The van der Waals surface area contributed by atoms with Gasteiger partial charge in [-0.05, 0) is 0 Å². The van der Waals surface area contributed by atoms with E-state index in [9.17, 15) is 19.2 Å². The molecule has 0 aliphatic rings. The number of carbonyl (C=O) groups excluding carboxylic acids is 1. The average Bonchev–Trinajstić information content (AvgIpc) is 2.24. The predicted molar refractivity (Wildman–Crippen MR) is 59.0 cm³/mol. The summed E-state index contributed by atoms with van der Waals surface area (Å²) >= 11 is 3.65. The number of ketones is 1. The van der Waals surface area contributed by atoms with Gasteiger partial charge in [0.1, 0.15) is 6.04 Å². The van der Waals surface area contributed by atoms with Crippen LogP contribution in [0.3, 0.4) is 0 Å². The van der Waals surface area contributed by atoms with E-state index in [0.717, 1.165) is 0 Å². The van der Waals surface area contributed by atoms with Crippen LogP contribution in [0.25, 0.3) is 0 Å². The highest BCUT2D eigenvalue weighted by Crippen LogP contribution is 1.90. The van der Waals surface area contributed by atoms with Gasteiger partial charge in [0.05, 0.1) is 6.42 Å². The lowest BCUT2D eigenvalue weighted by molar-refractivity contribution is -0.149. The highest BCUT2D eigenvalue weighted by Gasteiger charge is 2.12. The van der Waals surface area contributed by atoms with Gasteiger partial charge in [-0.2, -0.15) is 12.6 Å². The molecule has 1 unspecified atom stereocenters. The number of nitrogens with two attached hydrogens (primary N) is 1. The van der Waals surface area contributed by atoms with Crippen molar-refractivity contribution in [2.75, 3.05) is 5.75 Å². The Morgan fingerprint density at radius 3 is 1.71 bits per heavy atom. The monoisotopic (exact) mass is 267 g/mol. The molecule has 0 aliphatic heterocycles. The van der Waals surface area contributed by atoms with Crippen molar-refractivity contribution < 1.29 is 34.5 Å². The predicted octanol–water partition coefficient (Wildman–Crippen LogP) is -1.17. The summed E-state index contributed by atoms with van der Waals surface area (Å²) in [5.74, 6) is -4.64. The van der Waals surface area contributed by atoms with E-state index in [0.29, 0.717) is 0 Å². The Morgan fingerprint density at radius 1 is 1.06 bits per heavy atom. The average molecular weight is 267 g/mol. The van der Waals surface area contributed by atoms with Gasteiger partial charge >= 0.3 is 17.9 Å². The minimum absolute atomic E-state index is 0.190. The SMILES string of the molecule is NC(CS)C(=O)O.O=C(O)CCC(=O)C(=O)O. The number of hydrogen-bond acceptors (Lipinski definition) is 6. The van der Waals surface area contributed by atoms with Gasteiger partial charge in [0, 0.05) is 12.2 Å². The molecule has 0 aromatic rings. The molecule has 0 rings (SSSR count). The van der Waals surface area contributed by atoms with Gasteiger partial charge in [-0.1, -0.05) is 0 Å². The van der Waals surface area contributed by atoms with Gasteiger partial charge in [-0.25, -0.2) is 4.79 Å². The molecule has 0 bridgehead atoms. The second kappa shape index (κ2) is 9.60. The second-order valence-electron chi connectivity index (χ2n) is 2.75. The van der Waals surface area contributed by atoms with E-state index in [-0.39, 0.29) is 5.75 Å². The number of carboxylic acids is 3. The molecule has 0 spiro atoms. The Kier molecular flexibility index (Phi) is 10.0. The van der Waals surface area contributed by atoms with E-state index in [1.807, 2.05) is 0 Å². The molecule has 0 aromatic heterocycles. The van der Waals surface area contributed by atoms with E-state index in [1.165, 1.54) is 0 Å². The fraction of sp³-hybridized carbons (Fsp3) is 0.500. The molecule has 0 aromatic carbocycles. The van der Waals surface area contributed by atoms with Crippen LogP contribution in [0.4, 0.5) is 0 Å². The maximum atomic E-state index is 10.2. The molecule has 1 atom stereocenters. The van der Waals surface area contributed by atoms with Crippen LogP contribution < -0.4 is 5.73 Å². The van der Waals surface area contributed by atoms with Gasteiger partial charge < -0.3 is 21.1 Å². The third kappa shape index (κ3) is 12.3. The molecule has 98 valence electrons. The Bertz CT molecular complexity index is 304. The van der Waals surface area contributed by atoms with Crippen LogP contribution >= 0.6 is 12.6 Å². The zero-order chi connectivity index (χ0) is 14.0. The quantitative estimate of drug-likeness (QED) is 0.298. The highest BCUT2D eigenvalue weighted by atomic mass is 32.1. The van der Waals surface area contributed by atoms with Crippen molar-refractivity contribution >= 4 is 36.3 Å². The lowest BCUT2D eigenvalue weighted by Crippen LogP contribution is -2.31. The first-order valence-corrected chi connectivity index (χ1v) is 4.92. The lowest BCUT2D eigenvalue weighted by atomic mass is 10.2. The van der Waals surface area contributed by atoms with Crippen LogP contribution in [0.5, 0.6) is 0 Å². The van der Waals surface area contributed by atoms with E-state index in [4.69, 9.17) is 21.1 Å². The van der Waals surface area contributed by atoms with Gasteiger partial charge in [-0.3, -0.25) is 14.4 Å². The zero-order valence-corrected chi connectivity index (χ0v) is 9.59. The van der Waals surface area contributed by atoms with Crippen LogP contribution in [-0.4, -0.2) is 50.8 Å². The molecule has 0 heterocycles. The van der Waals surface area contributed by atoms with Crippen molar-refractivity contribution in [2.24, 2.45) is 5.73 Å². The molecule has 0 saturated heterocycles. The minimum Gasteiger partial charge on any atom is -0.481 e. The summed E-state index contributed by atoms with van der Waals surface area (Å²) in [6.45, 7) is 0. The molecule has 17 heavy (non-hydrogen) atoms. The molecular formula is C8H13NO7S. The second-order valence-corrected chi connectivity index (χ2v) is 3.11. The standard InChI is InChI=1S/C5H6O5.C3H7NO2S/c6-3(5(9)10)1-2-4(7)8;4-2(1-7)3(5)6/h1-2H2,(H,7,8)(H,9,10);2,7H,1,4H2,(H,5,6). The van der Waals surface area contributed by atoms with Crippen LogP contribution in [0.1, 0.15) is 12.8 Å². The number of carbonyl (C=O) groups is 4. The Balaban J connectivity index is 0. The molecular weight excluding hydrogens is 254 g/mol. The molecule has 0 amide bonds. The third-order valence-corrected chi connectivity index (χ3v) is 1.71. The van der Waals surface area contributed by atoms with Crippen LogP contribution in [-0.2, 0) is 19.2 Å². The van der Waals surface area contributed by atoms with Crippen molar-refractivity contribution in [3.05, 3.63) is 0 Å². The summed E-state index contributed by atoms with van der Waals surface area (Å²) in [5.41, 5.74) is 4.94. The molecule has 0 saturated carbocycles. The highest BCUT2D eigenvalue weighted by molar-refractivity contribution is 7.80. The number of thiol groups is 1. The normalized spacial score (nSPS) is 10.7. The summed E-state index contributed by atoms with van der Waals surface area (Å²) in [6.07, 6.45) is -0.865. The van der Waals surface area contributed by atoms with Gasteiger partial charge in [0.25, 0.3) is 0 Å². The number of Topliss-reactive ketones (excluding diaryl/α,β-unsaturated/α-hetero) is 1. The number of aliphatic carboxylic acids is 3. The smallest absolute Gasteiger partial charge is 0.372 e. The summed E-state index contributed by atoms with van der Waals surface area (Å²) < 4.78 is 0. The Labute approximate surface area is 102 Å². The van der Waals surface area contributed by atoms with Crippen molar-refractivity contribution in [3.63, 3.8) is 0 Å². The maximum absolute atomic E-state index is 10.2. The zero-order valence-electron chi connectivity index (χ0n) is 8.70. The van der Waals surface area contributed by atoms with Gasteiger partial charge in [0.15, 0.2) is 0 Å². The molecule has 0 radical (unpaired) electrons. The first kappa shape index (κ1) is 17.8. The number of rotatable bonds is 6. The van der Waals surface area contributed by atoms with Crippen LogP contribution in [0.2, 0.25) is 0 Å². The van der Waals surface area contributed by atoms with Crippen LogP contribution in [0.15, 0.2) is 0 Å². The van der Waals surface area contributed by atoms with E-state index >= 15 is 0 Å². The summed E-state index contributed by atoms with van der Waals surface area (Å²) in [6, 6.07) is -0.816. The van der Waals surface area contributed by atoms with Crippen molar-refractivity contribution in [1.82, 2.24) is 0 Å². The van der Waals surface area contributed by atoms with E-state index in [2.05, 4.69) is 12.6 Å². The largest absolute Gasteiger partial charge is 0.481 e. The summed E-state index contributed by atoms with van der Waals surface area (Å²) in [7, 11) is 0. The molecule has 8 nitrogen and oxygen atoms in total. The fourth-order valence-electron chi connectivity index (χ4n) is 0.405. The van der Waals surface area contributed by atoms with E-state index < -0.39 is 42.6 Å². The molecule has 9 heteroatoms. The first-order valence-electron chi connectivity index (χ1n) is 4.29. The minimum atomic E-state index is -1.58. The van der Waals surface area contributed by atoms with Gasteiger partial charge in [-0.15, -0.1) is 0 Å². The summed E-state index contributed by atoms with van der Waals surface area (Å²) in [5, 5.41) is 24.0.